The molecule has 0 radical (unpaired) electrons. The van der Waals surface area contributed by atoms with Gasteiger partial charge in [-0.2, -0.15) is 0 Å². The van der Waals surface area contributed by atoms with Crippen LogP contribution in [0.1, 0.15) is 20.8 Å². The molecular formula is C13H20N4O2S. The third-order valence-electron chi connectivity index (χ3n) is 2.89. The summed E-state index contributed by atoms with van der Waals surface area (Å²) in [7, 11) is -3.42. The number of anilines is 1. The van der Waals surface area contributed by atoms with E-state index in [-0.39, 0.29) is 16.6 Å². The Hall–Kier alpha value is -2.02. The van der Waals surface area contributed by atoms with Gasteiger partial charge in [-0.1, -0.05) is 12.1 Å². The van der Waals surface area contributed by atoms with Crippen molar-refractivity contribution < 1.29 is 8.42 Å². The molecule has 0 heterocycles. The predicted octanol–water partition coefficient (Wildman–Crippen LogP) is 1.41. The number of hydrogen-bond donors (Lipinski definition) is 4. The van der Waals surface area contributed by atoms with E-state index in [1.54, 1.807) is 39.0 Å². The van der Waals surface area contributed by atoms with Crippen LogP contribution in [-0.2, 0) is 9.84 Å². The molecule has 0 aliphatic heterocycles. The summed E-state index contributed by atoms with van der Waals surface area (Å²) in [5, 5.41) is 9.60. The van der Waals surface area contributed by atoms with Crippen molar-refractivity contribution >= 4 is 21.4 Å². The minimum Gasteiger partial charge on any atom is -0.385 e. The number of para-hydroxylation sites is 1. The lowest BCUT2D eigenvalue weighted by Crippen LogP contribution is -2.22. The largest absolute Gasteiger partial charge is 0.385 e. The highest BCUT2D eigenvalue weighted by molar-refractivity contribution is 7.92. The summed E-state index contributed by atoms with van der Waals surface area (Å²) < 4.78 is 24.5. The zero-order chi connectivity index (χ0) is 15.5. The van der Waals surface area contributed by atoms with Crippen LogP contribution in [0, 0.1) is 5.41 Å². The van der Waals surface area contributed by atoms with Crippen molar-refractivity contribution in [1.29, 1.82) is 5.41 Å². The Morgan fingerprint density at radius 1 is 1.25 bits per heavy atom. The Kier molecular flexibility index (Phi) is 4.78. The molecule has 1 aromatic rings. The predicted molar refractivity (Wildman–Crippen MR) is 81.2 cm³/mol. The molecule has 0 unspecified atom stereocenters. The van der Waals surface area contributed by atoms with Gasteiger partial charge in [-0.3, -0.25) is 5.41 Å². The zero-order valence-electron chi connectivity index (χ0n) is 11.8. The van der Waals surface area contributed by atoms with Crippen molar-refractivity contribution in [1.82, 2.24) is 0 Å². The van der Waals surface area contributed by atoms with Gasteiger partial charge in [0.1, 0.15) is 11.7 Å². The van der Waals surface area contributed by atoms with Crippen molar-refractivity contribution in [2.24, 2.45) is 11.5 Å². The molecule has 0 atom stereocenters. The maximum atomic E-state index is 12.3. The lowest BCUT2D eigenvalue weighted by molar-refractivity contribution is 0.587. The van der Waals surface area contributed by atoms with Crippen molar-refractivity contribution in [2.75, 3.05) is 5.32 Å². The highest BCUT2D eigenvalue weighted by Crippen LogP contribution is 2.25. The third kappa shape index (κ3) is 3.30. The van der Waals surface area contributed by atoms with Crippen LogP contribution in [0.25, 0.3) is 0 Å². The number of sulfone groups is 1. The van der Waals surface area contributed by atoms with Gasteiger partial charge in [0, 0.05) is 5.57 Å². The number of nitrogens with one attached hydrogen (secondary N) is 2. The first-order chi connectivity index (χ1) is 9.17. The van der Waals surface area contributed by atoms with Crippen molar-refractivity contribution in [3.05, 3.63) is 35.7 Å². The molecule has 0 saturated heterocycles. The fourth-order valence-corrected chi connectivity index (χ4v) is 2.66. The van der Waals surface area contributed by atoms with E-state index >= 15 is 0 Å². The maximum Gasteiger partial charge on any atom is 0.182 e. The summed E-state index contributed by atoms with van der Waals surface area (Å²) in [6, 6.07) is 6.50. The Balaban J connectivity index is 3.30. The normalized spacial score (nSPS) is 13.0. The van der Waals surface area contributed by atoms with Crippen molar-refractivity contribution in [2.45, 2.75) is 30.9 Å². The number of benzene rings is 1. The van der Waals surface area contributed by atoms with E-state index in [0.717, 1.165) is 0 Å². The van der Waals surface area contributed by atoms with E-state index in [0.29, 0.717) is 11.3 Å². The van der Waals surface area contributed by atoms with Gasteiger partial charge in [0.25, 0.3) is 0 Å². The monoisotopic (exact) mass is 296 g/mol. The quantitative estimate of drug-likeness (QED) is 0.483. The molecule has 0 bridgehead atoms. The molecule has 0 aliphatic rings. The van der Waals surface area contributed by atoms with Crippen LogP contribution in [-0.4, -0.2) is 19.5 Å². The van der Waals surface area contributed by atoms with Crippen molar-refractivity contribution in [3.63, 3.8) is 0 Å². The van der Waals surface area contributed by atoms with Crippen LogP contribution >= 0.6 is 0 Å². The maximum absolute atomic E-state index is 12.3. The molecule has 0 amide bonds. The van der Waals surface area contributed by atoms with Gasteiger partial charge in [0.15, 0.2) is 9.84 Å². The van der Waals surface area contributed by atoms with E-state index in [9.17, 15) is 8.42 Å². The van der Waals surface area contributed by atoms with E-state index < -0.39 is 15.1 Å². The van der Waals surface area contributed by atoms with Crippen LogP contribution in [0.15, 0.2) is 40.6 Å². The number of rotatable bonds is 5. The molecule has 0 fully saturated rings. The van der Waals surface area contributed by atoms with Gasteiger partial charge in [-0.25, -0.2) is 8.42 Å². The number of hydrogen-bond acceptors (Lipinski definition) is 5. The number of amidine groups is 1. The Morgan fingerprint density at radius 3 is 2.30 bits per heavy atom. The SMILES string of the molecule is C/C(C(=N)N)=C(/N)Nc1ccccc1S(=O)(=O)C(C)C. The standard InChI is InChI=1S/C13H20N4O2S/c1-8(2)20(18,19)11-7-5-4-6-10(11)17-13(16)9(3)12(14)15/h4-8,17H,16H2,1-3H3,(H3,14,15)/b13-9+. The topological polar surface area (TPSA) is 122 Å². The minimum atomic E-state index is -3.42. The molecule has 0 spiro atoms. The lowest BCUT2D eigenvalue weighted by Gasteiger charge is -2.15. The minimum absolute atomic E-state index is 0.156. The van der Waals surface area contributed by atoms with Crippen LogP contribution in [0.2, 0.25) is 0 Å². The molecule has 0 aromatic heterocycles. The highest BCUT2D eigenvalue weighted by Gasteiger charge is 2.22. The average Bonchev–Trinajstić information content (AvgIpc) is 2.37. The second-order valence-electron chi connectivity index (χ2n) is 4.67. The van der Waals surface area contributed by atoms with Crippen LogP contribution in [0.5, 0.6) is 0 Å². The number of nitrogens with two attached hydrogens (primary N) is 2. The van der Waals surface area contributed by atoms with Crippen molar-refractivity contribution in [3.8, 4) is 0 Å². The second-order valence-corrected chi connectivity index (χ2v) is 7.14. The van der Waals surface area contributed by atoms with Gasteiger partial charge in [0.05, 0.1) is 15.8 Å². The molecule has 6 nitrogen and oxygen atoms in total. The first-order valence-electron chi connectivity index (χ1n) is 6.08. The average molecular weight is 296 g/mol. The fraction of sp³-hybridized carbons (Fsp3) is 0.308. The van der Waals surface area contributed by atoms with Crippen LogP contribution in [0.3, 0.4) is 0 Å². The Labute approximate surface area is 119 Å². The Morgan fingerprint density at radius 2 is 1.80 bits per heavy atom. The lowest BCUT2D eigenvalue weighted by atomic mass is 10.2. The van der Waals surface area contributed by atoms with E-state index in [2.05, 4.69) is 5.32 Å². The van der Waals surface area contributed by atoms with Gasteiger partial charge in [-0.05, 0) is 32.9 Å². The second kappa shape index (κ2) is 5.96. The molecule has 0 aliphatic carbocycles. The van der Waals surface area contributed by atoms with E-state index in [1.807, 2.05) is 0 Å². The molecule has 20 heavy (non-hydrogen) atoms. The van der Waals surface area contributed by atoms with Gasteiger partial charge in [0.2, 0.25) is 0 Å². The molecule has 6 N–H and O–H groups in total. The van der Waals surface area contributed by atoms with E-state index in [4.69, 9.17) is 16.9 Å². The summed E-state index contributed by atoms with van der Waals surface area (Å²) in [6.45, 7) is 4.82. The Bertz CT molecular complexity index is 648. The molecule has 1 aromatic carbocycles. The third-order valence-corrected chi connectivity index (χ3v) is 5.10. The summed E-state index contributed by atoms with van der Waals surface area (Å²) in [6.07, 6.45) is 0. The first-order valence-corrected chi connectivity index (χ1v) is 7.63. The van der Waals surface area contributed by atoms with Crippen LogP contribution in [0.4, 0.5) is 5.69 Å². The highest BCUT2D eigenvalue weighted by atomic mass is 32.2. The van der Waals surface area contributed by atoms with Crippen LogP contribution < -0.4 is 16.8 Å². The summed E-state index contributed by atoms with van der Waals surface area (Å²) in [5.74, 6) is -0.0110. The first kappa shape index (κ1) is 16.0. The van der Waals surface area contributed by atoms with Gasteiger partial charge < -0.3 is 16.8 Å². The smallest absolute Gasteiger partial charge is 0.182 e. The van der Waals surface area contributed by atoms with E-state index in [1.165, 1.54) is 6.07 Å². The zero-order valence-corrected chi connectivity index (χ0v) is 12.6. The fourth-order valence-electron chi connectivity index (χ4n) is 1.46. The molecular weight excluding hydrogens is 276 g/mol. The van der Waals surface area contributed by atoms with Gasteiger partial charge in [-0.15, -0.1) is 0 Å². The summed E-state index contributed by atoms with van der Waals surface area (Å²) in [5.41, 5.74) is 11.9. The molecule has 110 valence electrons. The van der Waals surface area contributed by atoms with Gasteiger partial charge >= 0.3 is 0 Å². The molecule has 7 heteroatoms. The molecule has 1 rings (SSSR count). The summed E-state index contributed by atoms with van der Waals surface area (Å²) in [4.78, 5) is 0.175. The summed E-state index contributed by atoms with van der Waals surface area (Å²) >= 11 is 0. The molecule has 0 saturated carbocycles.